The van der Waals surface area contributed by atoms with Gasteiger partial charge in [0.05, 0.1) is 39.9 Å². The number of likely N-dealkylation sites (N-methyl/N-ethyl adjacent to an activating group) is 1. The molecule has 44 heavy (non-hydrogen) atoms. The Morgan fingerprint density at radius 1 is 0.750 bits per heavy atom. The summed E-state index contributed by atoms with van der Waals surface area (Å²) in [5.41, 5.74) is 0. The van der Waals surface area contributed by atoms with Crippen LogP contribution in [0.1, 0.15) is 142 Å². The summed E-state index contributed by atoms with van der Waals surface area (Å²) in [5, 5.41) is 13.5. The van der Waals surface area contributed by atoms with Crippen LogP contribution in [0.4, 0.5) is 0 Å². The molecule has 3 unspecified atom stereocenters. The fraction of sp³-hybridized carbons (Fsp3) is 0.857. The number of hydrogen-bond donors (Lipinski definition) is 3. The van der Waals surface area contributed by atoms with E-state index in [-0.39, 0.29) is 19.1 Å². The number of rotatable bonds is 31. The summed E-state index contributed by atoms with van der Waals surface area (Å²) in [5.74, 6) is -0.214. The number of aliphatic hydroxyl groups excluding tert-OH is 1. The Hall–Kier alpha value is -1.02. The molecule has 0 bridgehead atoms. The lowest BCUT2D eigenvalue weighted by atomic mass is 10.0. The highest BCUT2D eigenvalue weighted by atomic mass is 31.2. The predicted molar refractivity (Wildman–Crippen MR) is 185 cm³/mol. The molecule has 3 N–H and O–H groups in total. The Bertz CT molecular complexity index is 784. The Morgan fingerprint density at radius 3 is 1.82 bits per heavy atom. The van der Waals surface area contributed by atoms with Gasteiger partial charge in [-0.3, -0.25) is 13.8 Å². The molecule has 0 saturated carbocycles. The number of aliphatic hydroxyl groups is 1. The number of hydrogen-bond acceptors (Lipinski definition) is 5. The number of phosphoric acid groups is 1. The van der Waals surface area contributed by atoms with E-state index in [0.29, 0.717) is 17.4 Å². The van der Waals surface area contributed by atoms with Crippen LogP contribution in [0.15, 0.2) is 24.3 Å². The predicted octanol–water partition coefficient (Wildman–Crippen LogP) is 8.63. The molecule has 9 heteroatoms. The Labute approximate surface area is 271 Å². The van der Waals surface area contributed by atoms with E-state index in [1.54, 1.807) is 6.08 Å². The number of nitrogens with zero attached hydrogens (tertiary/aromatic N) is 1. The van der Waals surface area contributed by atoms with Crippen molar-refractivity contribution in [3.05, 3.63) is 24.3 Å². The number of unbranched alkanes of at least 4 members (excludes halogenated alkanes) is 16. The molecule has 0 aromatic rings. The summed E-state index contributed by atoms with van der Waals surface area (Å²) >= 11 is 0. The fourth-order valence-corrected chi connectivity index (χ4v) is 5.50. The van der Waals surface area contributed by atoms with Crippen LogP contribution >= 0.6 is 7.82 Å². The lowest BCUT2D eigenvalue weighted by Gasteiger charge is -2.25. The second-order valence-electron chi connectivity index (χ2n) is 13.2. The van der Waals surface area contributed by atoms with Gasteiger partial charge in [0.1, 0.15) is 13.2 Å². The third-order valence-corrected chi connectivity index (χ3v) is 8.66. The van der Waals surface area contributed by atoms with Gasteiger partial charge >= 0.3 is 7.82 Å². The van der Waals surface area contributed by atoms with Gasteiger partial charge in [-0.05, 0) is 32.1 Å². The minimum Gasteiger partial charge on any atom is -0.387 e. The third-order valence-electron chi connectivity index (χ3n) is 7.67. The van der Waals surface area contributed by atoms with Gasteiger partial charge in [-0.25, -0.2) is 4.57 Å². The van der Waals surface area contributed by atoms with E-state index >= 15 is 0 Å². The molecule has 0 saturated heterocycles. The maximum atomic E-state index is 12.4. The van der Waals surface area contributed by atoms with Gasteiger partial charge in [0.25, 0.3) is 0 Å². The molecule has 1 amide bonds. The van der Waals surface area contributed by atoms with Gasteiger partial charge < -0.3 is 19.8 Å². The number of carbonyl (C=O) groups excluding carboxylic acids is 1. The molecule has 0 aliphatic heterocycles. The molecule has 0 aromatic heterocycles. The van der Waals surface area contributed by atoms with Gasteiger partial charge in [0.15, 0.2) is 0 Å². The van der Waals surface area contributed by atoms with Gasteiger partial charge in [-0.1, -0.05) is 128 Å². The highest BCUT2D eigenvalue weighted by molar-refractivity contribution is 7.47. The Kier molecular flexibility index (Phi) is 27.6. The fourth-order valence-electron chi connectivity index (χ4n) is 4.76. The summed E-state index contributed by atoms with van der Waals surface area (Å²) in [7, 11) is 1.55. The molecular weight excluding hydrogens is 575 g/mol. The van der Waals surface area contributed by atoms with E-state index in [0.717, 1.165) is 38.5 Å². The minimum absolute atomic E-state index is 0.0562. The van der Waals surface area contributed by atoms with Crippen molar-refractivity contribution in [2.45, 2.75) is 154 Å². The van der Waals surface area contributed by atoms with Crippen LogP contribution in [-0.4, -0.2) is 73.4 Å². The molecule has 0 aliphatic rings. The molecule has 0 fully saturated rings. The zero-order chi connectivity index (χ0) is 32.9. The van der Waals surface area contributed by atoms with E-state index in [1.807, 2.05) is 27.2 Å². The quantitative estimate of drug-likeness (QED) is 0.0302. The topological polar surface area (TPSA) is 105 Å². The van der Waals surface area contributed by atoms with E-state index in [9.17, 15) is 19.4 Å². The lowest BCUT2D eigenvalue weighted by molar-refractivity contribution is -0.870. The van der Waals surface area contributed by atoms with Crippen LogP contribution in [0.3, 0.4) is 0 Å². The van der Waals surface area contributed by atoms with Crippen molar-refractivity contribution in [3.63, 3.8) is 0 Å². The first-order chi connectivity index (χ1) is 21.0. The van der Waals surface area contributed by atoms with Crippen molar-refractivity contribution in [2.75, 3.05) is 40.9 Å². The van der Waals surface area contributed by atoms with E-state index < -0.39 is 20.0 Å². The summed E-state index contributed by atoms with van der Waals surface area (Å²) in [4.78, 5) is 22.5. The smallest absolute Gasteiger partial charge is 0.387 e. The number of allylic oxidation sites excluding steroid dienone is 3. The second-order valence-corrected chi connectivity index (χ2v) is 14.7. The number of amides is 1. The molecule has 0 radical (unpaired) electrons. The van der Waals surface area contributed by atoms with Crippen molar-refractivity contribution < 1.29 is 32.9 Å². The van der Waals surface area contributed by atoms with Gasteiger partial charge in [0, 0.05) is 6.42 Å². The maximum absolute atomic E-state index is 12.4. The molecule has 0 heterocycles. The standard InChI is InChI=1S/C35H69N2O6P/c1-6-8-10-11-12-13-14-15-16-17-18-19-20-21-22-23-24-25-27-28-34(38)33(36-35(39)29-26-9-7-2)32-43-44(40,41)42-31-30-37(3,4)5/h22-23,27-28,33-34,38H,6-21,24-26,29-32H2,1-5H3,(H-,36,39,40,41)/p+1/b23-22+,28-27+. The summed E-state index contributed by atoms with van der Waals surface area (Å²) in [6, 6.07) is -0.853. The summed E-state index contributed by atoms with van der Waals surface area (Å²) in [6.07, 6.45) is 30.4. The molecule has 8 nitrogen and oxygen atoms in total. The molecule has 0 aliphatic carbocycles. The van der Waals surface area contributed by atoms with Crippen molar-refractivity contribution >= 4 is 13.7 Å². The first-order valence-corrected chi connectivity index (χ1v) is 19.2. The summed E-state index contributed by atoms with van der Waals surface area (Å²) in [6.45, 7) is 4.59. The van der Waals surface area contributed by atoms with E-state index in [1.165, 1.54) is 83.5 Å². The molecule has 0 spiro atoms. The Balaban J connectivity index is 4.29. The van der Waals surface area contributed by atoms with Gasteiger partial charge in [-0.2, -0.15) is 0 Å². The average Bonchev–Trinajstić information content (AvgIpc) is 2.95. The minimum atomic E-state index is -4.31. The van der Waals surface area contributed by atoms with Crippen LogP contribution in [0.5, 0.6) is 0 Å². The zero-order valence-electron chi connectivity index (χ0n) is 29.1. The SMILES string of the molecule is CCCCCCCCCCCCCCC/C=C/CC/C=C/C(O)C(COP(=O)(O)OCC[N+](C)(C)C)NC(=O)CCCCC. The second kappa shape index (κ2) is 28.2. The van der Waals surface area contributed by atoms with Crippen LogP contribution < -0.4 is 5.32 Å². The molecule has 260 valence electrons. The van der Waals surface area contributed by atoms with Crippen molar-refractivity contribution in [2.24, 2.45) is 0 Å². The normalized spacial score (nSPS) is 15.2. The van der Waals surface area contributed by atoms with Crippen LogP contribution in [-0.2, 0) is 18.4 Å². The van der Waals surface area contributed by atoms with Crippen molar-refractivity contribution in [1.82, 2.24) is 5.32 Å². The molecule has 0 aromatic carbocycles. The van der Waals surface area contributed by atoms with E-state index in [2.05, 4.69) is 31.3 Å². The van der Waals surface area contributed by atoms with Crippen molar-refractivity contribution in [3.8, 4) is 0 Å². The molecule has 3 atom stereocenters. The van der Waals surface area contributed by atoms with Crippen LogP contribution in [0.25, 0.3) is 0 Å². The summed E-state index contributed by atoms with van der Waals surface area (Å²) < 4.78 is 23.2. The number of carbonyl (C=O) groups is 1. The zero-order valence-corrected chi connectivity index (χ0v) is 30.0. The van der Waals surface area contributed by atoms with Crippen molar-refractivity contribution in [1.29, 1.82) is 0 Å². The monoisotopic (exact) mass is 645 g/mol. The van der Waals surface area contributed by atoms with E-state index in [4.69, 9.17) is 9.05 Å². The molecular formula is C35H70N2O6P+. The first kappa shape index (κ1) is 43.0. The average molecular weight is 646 g/mol. The highest BCUT2D eigenvalue weighted by Gasteiger charge is 2.27. The highest BCUT2D eigenvalue weighted by Crippen LogP contribution is 2.43. The number of quaternary nitrogens is 1. The molecule has 0 rings (SSSR count). The Morgan fingerprint density at radius 2 is 1.25 bits per heavy atom. The first-order valence-electron chi connectivity index (χ1n) is 17.7. The number of phosphoric ester groups is 1. The van der Waals surface area contributed by atoms with Crippen LogP contribution in [0.2, 0.25) is 0 Å². The number of nitrogens with one attached hydrogen (secondary N) is 1. The van der Waals surface area contributed by atoms with Gasteiger partial charge in [0.2, 0.25) is 5.91 Å². The third kappa shape index (κ3) is 29.7. The van der Waals surface area contributed by atoms with Crippen LogP contribution in [0, 0.1) is 0 Å². The largest absolute Gasteiger partial charge is 0.472 e. The maximum Gasteiger partial charge on any atom is 0.472 e. The lowest BCUT2D eigenvalue weighted by Crippen LogP contribution is -2.45. The van der Waals surface area contributed by atoms with Gasteiger partial charge in [-0.15, -0.1) is 0 Å².